The lowest BCUT2D eigenvalue weighted by atomic mass is 9.83. The molecule has 0 aliphatic rings. The molecule has 0 bridgehead atoms. The molecular formula is C47H48N2O3. The molecule has 0 fully saturated rings. The number of carbonyl (C=O) groups excluding carboxylic acids is 1. The summed E-state index contributed by atoms with van der Waals surface area (Å²) in [7, 11) is 0. The molecule has 0 aromatic heterocycles. The van der Waals surface area contributed by atoms with Crippen molar-refractivity contribution < 1.29 is 14.3 Å². The lowest BCUT2D eigenvalue weighted by molar-refractivity contribution is -0.121. The second kappa shape index (κ2) is 18.7. The fourth-order valence-electron chi connectivity index (χ4n) is 6.39. The van der Waals surface area contributed by atoms with Crippen LogP contribution in [0, 0.1) is 0 Å². The highest BCUT2D eigenvalue weighted by Crippen LogP contribution is 2.30. The van der Waals surface area contributed by atoms with Gasteiger partial charge in [0.1, 0.15) is 30.5 Å². The standard InChI is InChI=1S/C47H48N2O3/c1-35(39-19-11-5-12-20-39)48-31-45(41-23-27-43(28-24-41)51-33-37-15-7-3-8-16-37)47(50)46(32-49-36(2)40-21-13-6-14-22-40)42-25-29-44(30-26-42)52-34-38-17-9-4-10-18-38/h3-30,35-36,45-46,48-49H,31-34H2,1-2H3/t35-,36-,45?,46?/m1/s1. The van der Waals surface area contributed by atoms with Crippen LogP contribution in [0.25, 0.3) is 0 Å². The Kier molecular flexibility index (Phi) is 13.0. The van der Waals surface area contributed by atoms with Crippen LogP contribution in [-0.2, 0) is 18.0 Å². The predicted molar refractivity (Wildman–Crippen MR) is 211 cm³/mol. The van der Waals surface area contributed by atoms with Crippen molar-refractivity contribution in [3.05, 3.63) is 203 Å². The van der Waals surface area contributed by atoms with Gasteiger partial charge in [-0.25, -0.2) is 0 Å². The third-order valence-electron chi connectivity index (χ3n) is 9.60. The zero-order valence-corrected chi connectivity index (χ0v) is 30.0. The maximum absolute atomic E-state index is 15.0. The van der Waals surface area contributed by atoms with Gasteiger partial charge in [0, 0.05) is 25.2 Å². The van der Waals surface area contributed by atoms with Crippen LogP contribution in [0.3, 0.4) is 0 Å². The van der Waals surface area contributed by atoms with Crippen LogP contribution in [0.2, 0.25) is 0 Å². The summed E-state index contributed by atoms with van der Waals surface area (Å²) in [5.74, 6) is 0.886. The molecule has 6 rings (SSSR count). The van der Waals surface area contributed by atoms with E-state index >= 15 is 0 Å². The van der Waals surface area contributed by atoms with E-state index in [-0.39, 0.29) is 17.9 Å². The van der Waals surface area contributed by atoms with Crippen molar-refractivity contribution in [1.82, 2.24) is 10.6 Å². The van der Waals surface area contributed by atoms with Crippen LogP contribution in [0.4, 0.5) is 0 Å². The van der Waals surface area contributed by atoms with E-state index in [1.165, 1.54) is 11.1 Å². The Morgan fingerprint density at radius 3 is 1.12 bits per heavy atom. The number of benzene rings is 6. The largest absolute Gasteiger partial charge is 0.489 e. The predicted octanol–water partition coefficient (Wildman–Crippen LogP) is 9.98. The SMILES string of the molecule is C[C@@H](NCC(C(=O)C(CN[C@H](C)c1ccccc1)c1ccc(OCc2ccccc2)cc1)c1ccc(OCc2ccccc2)cc1)c1ccccc1. The van der Waals surface area contributed by atoms with E-state index in [0.717, 1.165) is 33.8 Å². The molecule has 0 spiro atoms. The van der Waals surface area contributed by atoms with Crippen molar-refractivity contribution in [3.63, 3.8) is 0 Å². The van der Waals surface area contributed by atoms with Crippen molar-refractivity contribution in [1.29, 1.82) is 0 Å². The minimum absolute atomic E-state index is 0.0701. The molecule has 4 atom stereocenters. The lowest BCUT2D eigenvalue weighted by Gasteiger charge is -2.27. The highest BCUT2D eigenvalue weighted by Gasteiger charge is 2.30. The van der Waals surface area contributed by atoms with Gasteiger partial charge in [0.25, 0.3) is 0 Å². The van der Waals surface area contributed by atoms with Gasteiger partial charge in [-0.1, -0.05) is 146 Å². The first-order valence-electron chi connectivity index (χ1n) is 18.2. The topological polar surface area (TPSA) is 59.6 Å². The molecule has 5 heteroatoms. The molecule has 6 aromatic carbocycles. The molecule has 0 aliphatic carbocycles. The molecule has 0 heterocycles. The summed E-state index contributed by atoms with van der Waals surface area (Å²) in [5, 5.41) is 7.37. The van der Waals surface area contributed by atoms with Gasteiger partial charge in [-0.2, -0.15) is 0 Å². The molecule has 2 unspecified atom stereocenters. The summed E-state index contributed by atoms with van der Waals surface area (Å²) >= 11 is 0. The maximum Gasteiger partial charge on any atom is 0.150 e. The molecule has 0 saturated heterocycles. The number of ether oxygens (including phenoxy) is 2. The number of carbonyl (C=O) groups is 1. The van der Waals surface area contributed by atoms with Crippen LogP contribution < -0.4 is 20.1 Å². The van der Waals surface area contributed by atoms with E-state index in [4.69, 9.17) is 9.47 Å². The summed E-state index contributed by atoms with van der Waals surface area (Å²) in [6.07, 6.45) is 0. The second-order valence-corrected chi connectivity index (χ2v) is 13.3. The zero-order chi connectivity index (χ0) is 36.0. The van der Waals surface area contributed by atoms with Crippen molar-refractivity contribution in [2.45, 2.75) is 51.0 Å². The Morgan fingerprint density at radius 1 is 0.442 bits per heavy atom. The maximum atomic E-state index is 15.0. The van der Waals surface area contributed by atoms with Crippen molar-refractivity contribution in [2.75, 3.05) is 13.1 Å². The van der Waals surface area contributed by atoms with Gasteiger partial charge < -0.3 is 20.1 Å². The van der Waals surface area contributed by atoms with E-state index in [2.05, 4.69) is 73.0 Å². The summed E-state index contributed by atoms with van der Waals surface area (Å²) in [4.78, 5) is 15.0. The second-order valence-electron chi connectivity index (χ2n) is 13.3. The quantitative estimate of drug-likeness (QED) is 0.0942. The van der Waals surface area contributed by atoms with Gasteiger partial charge in [-0.15, -0.1) is 0 Å². The van der Waals surface area contributed by atoms with Crippen molar-refractivity contribution in [2.24, 2.45) is 0 Å². The smallest absolute Gasteiger partial charge is 0.150 e. The first-order valence-corrected chi connectivity index (χ1v) is 18.2. The molecule has 264 valence electrons. The van der Waals surface area contributed by atoms with Crippen LogP contribution in [0.5, 0.6) is 11.5 Å². The summed E-state index contributed by atoms with van der Waals surface area (Å²) in [5.41, 5.74) is 6.48. The Bertz CT molecular complexity index is 1770. The molecule has 6 aromatic rings. The third-order valence-corrected chi connectivity index (χ3v) is 9.60. The summed E-state index contributed by atoms with van der Waals surface area (Å²) < 4.78 is 12.2. The van der Waals surface area contributed by atoms with Gasteiger partial charge in [-0.3, -0.25) is 4.79 Å². The molecule has 2 N–H and O–H groups in total. The average molecular weight is 689 g/mol. The Balaban J connectivity index is 1.25. The Morgan fingerprint density at radius 2 is 0.769 bits per heavy atom. The number of rotatable bonds is 18. The minimum atomic E-state index is -0.401. The van der Waals surface area contributed by atoms with E-state index in [1.54, 1.807) is 0 Å². The Hall–Kier alpha value is -5.49. The van der Waals surface area contributed by atoms with Crippen molar-refractivity contribution >= 4 is 5.78 Å². The normalized spacial score (nSPS) is 13.4. The fourth-order valence-corrected chi connectivity index (χ4v) is 6.39. The highest BCUT2D eigenvalue weighted by atomic mass is 16.5. The fraction of sp³-hybridized carbons (Fsp3) is 0.213. The summed E-state index contributed by atoms with van der Waals surface area (Å²) in [6.45, 7) is 6.23. The first kappa shape index (κ1) is 36.3. The van der Waals surface area contributed by atoms with Crippen molar-refractivity contribution in [3.8, 4) is 11.5 Å². The van der Waals surface area contributed by atoms with Crippen LogP contribution in [0.15, 0.2) is 170 Å². The molecule has 0 radical (unpaired) electrons. The third kappa shape index (κ3) is 10.3. The first-order chi connectivity index (χ1) is 25.5. The number of Topliss-reactive ketones (excluding diaryl/α,β-unsaturated/α-hetero) is 1. The van der Waals surface area contributed by atoms with E-state index in [0.29, 0.717) is 26.3 Å². The van der Waals surface area contributed by atoms with Gasteiger partial charge in [-0.05, 0) is 71.5 Å². The summed E-state index contributed by atoms with van der Waals surface area (Å²) in [6, 6.07) is 57.2. The molecular weight excluding hydrogens is 641 g/mol. The van der Waals surface area contributed by atoms with E-state index in [1.807, 2.05) is 121 Å². The molecule has 5 nitrogen and oxygen atoms in total. The molecule has 0 aliphatic heterocycles. The zero-order valence-electron chi connectivity index (χ0n) is 30.0. The lowest BCUT2D eigenvalue weighted by Crippen LogP contribution is -2.36. The molecule has 52 heavy (non-hydrogen) atoms. The molecule has 0 amide bonds. The number of nitrogens with one attached hydrogen (secondary N) is 2. The van der Waals surface area contributed by atoms with Crippen LogP contribution in [0.1, 0.15) is 71.1 Å². The van der Waals surface area contributed by atoms with E-state index in [9.17, 15) is 4.79 Å². The van der Waals surface area contributed by atoms with Crippen LogP contribution in [-0.4, -0.2) is 18.9 Å². The number of ketones is 1. The van der Waals surface area contributed by atoms with Gasteiger partial charge >= 0.3 is 0 Å². The minimum Gasteiger partial charge on any atom is -0.489 e. The van der Waals surface area contributed by atoms with E-state index < -0.39 is 11.8 Å². The average Bonchev–Trinajstić information content (AvgIpc) is 3.21. The van der Waals surface area contributed by atoms with Gasteiger partial charge in [0.2, 0.25) is 0 Å². The van der Waals surface area contributed by atoms with Gasteiger partial charge in [0.05, 0.1) is 11.8 Å². The molecule has 0 saturated carbocycles. The van der Waals surface area contributed by atoms with Crippen LogP contribution >= 0.6 is 0 Å². The Labute approximate surface area is 308 Å². The van der Waals surface area contributed by atoms with Gasteiger partial charge in [0.15, 0.2) is 0 Å². The highest BCUT2D eigenvalue weighted by molar-refractivity contribution is 5.92. The number of hydrogen-bond acceptors (Lipinski definition) is 5. The number of hydrogen-bond donors (Lipinski definition) is 2. The monoisotopic (exact) mass is 688 g/mol.